The quantitative estimate of drug-likeness (QED) is 0.295. The third-order valence-corrected chi connectivity index (χ3v) is 3.86. The summed E-state index contributed by atoms with van der Waals surface area (Å²) in [5, 5.41) is 8.48. The number of benzene rings is 1. The summed E-state index contributed by atoms with van der Waals surface area (Å²) < 4.78 is 18.5. The number of rotatable bonds is 7. The highest BCUT2D eigenvalue weighted by Gasteiger charge is 1.99. The van der Waals surface area contributed by atoms with E-state index in [1.54, 1.807) is 30.5 Å². The van der Waals surface area contributed by atoms with Crippen molar-refractivity contribution in [3.05, 3.63) is 52.5 Å². The summed E-state index contributed by atoms with van der Waals surface area (Å²) in [7, 11) is 1.73. The minimum atomic E-state index is -0.295. The zero-order valence-corrected chi connectivity index (χ0v) is 16.1. The fraction of sp³-hybridized carbons (Fsp3) is 0.312. The van der Waals surface area contributed by atoms with Crippen LogP contribution in [0.5, 0.6) is 5.75 Å². The topological polar surface area (TPSA) is 45.7 Å². The number of nitrogens with one attached hydrogen (secondary N) is 2. The molecule has 0 aliphatic heterocycles. The minimum Gasteiger partial charge on any atom is -0.492 e. The van der Waals surface area contributed by atoms with E-state index in [1.807, 2.05) is 0 Å². The number of nitrogens with zero attached hydrogens (tertiary/aromatic N) is 1. The molecule has 1 aromatic heterocycles. The van der Waals surface area contributed by atoms with E-state index in [2.05, 4.69) is 33.1 Å². The highest BCUT2D eigenvalue weighted by Crippen LogP contribution is 2.11. The zero-order valence-electron chi connectivity index (χ0n) is 12.9. The van der Waals surface area contributed by atoms with Gasteiger partial charge in [-0.3, -0.25) is 4.99 Å². The molecular formula is C16H21FIN3OS. The molecule has 1 aromatic carbocycles. The standard InChI is InChI=1S/C16H20FN3OS.HI/c1-18-16(19-8-7-15-6-3-11-22-15)20-9-10-21-14-5-2-4-13(17)12-14;/h2-6,11-12H,7-10H2,1H3,(H2,18,19,20);1H. The van der Waals surface area contributed by atoms with E-state index in [9.17, 15) is 4.39 Å². The number of ether oxygens (including phenoxy) is 1. The Kier molecular flexibility index (Phi) is 9.61. The van der Waals surface area contributed by atoms with E-state index in [1.165, 1.54) is 17.0 Å². The lowest BCUT2D eigenvalue weighted by Gasteiger charge is -2.12. The van der Waals surface area contributed by atoms with E-state index in [-0.39, 0.29) is 29.8 Å². The maximum absolute atomic E-state index is 13.0. The lowest BCUT2D eigenvalue weighted by Crippen LogP contribution is -2.40. The average molecular weight is 449 g/mol. The third-order valence-electron chi connectivity index (χ3n) is 2.93. The molecule has 7 heteroatoms. The van der Waals surface area contributed by atoms with Gasteiger partial charge in [0.1, 0.15) is 18.2 Å². The molecule has 0 spiro atoms. The Morgan fingerprint density at radius 2 is 2.04 bits per heavy atom. The molecule has 0 bridgehead atoms. The van der Waals surface area contributed by atoms with Gasteiger partial charge in [0.25, 0.3) is 0 Å². The Balaban J connectivity index is 0.00000264. The van der Waals surface area contributed by atoms with Crippen molar-refractivity contribution in [2.45, 2.75) is 6.42 Å². The predicted octanol–water partition coefficient (Wildman–Crippen LogP) is 3.29. The van der Waals surface area contributed by atoms with Crippen LogP contribution in [0.3, 0.4) is 0 Å². The average Bonchev–Trinajstić information content (AvgIpc) is 3.03. The van der Waals surface area contributed by atoms with Gasteiger partial charge in [0.05, 0.1) is 6.54 Å². The molecule has 2 aromatic rings. The van der Waals surface area contributed by atoms with Gasteiger partial charge in [-0.2, -0.15) is 0 Å². The van der Waals surface area contributed by atoms with Crippen LogP contribution in [0.25, 0.3) is 0 Å². The van der Waals surface area contributed by atoms with Crippen LogP contribution in [0.15, 0.2) is 46.8 Å². The van der Waals surface area contributed by atoms with Crippen LogP contribution in [0.1, 0.15) is 4.88 Å². The maximum Gasteiger partial charge on any atom is 0.191 e. The van der Waals surface area contributed by atoms with Crippen molar-refractivity contribution in [1.82, 2.24) is 10.6 Å². The third kappa shape index (κ3) is 7.65. The van der Waals surface area contributed by atoms with Gasteiger partial charge in [0.15, 0.2) is 5.96 Å². The molecule has 1 heterocycles. The van der Waals surface area contributed by atoms with E-state index >= 15 is 0 Å². The number of guanidine groups is 1. The molecule has 126 valence electrons. The highest BCUT2D eigenvalue weighted by molar-refractivity contribution is 14.0. The highest BCUT2D eigenvalue weighted by atomic mass is 127. The molecule has 4 nitrogen and oxygen atoms in total. The first-order valence-electron chi connectivity index (χ1n) is 7.13. The zero-order chi connectivity index (χ0) is 15.6. The van der Waals surface area contributed by atoms with Crippen LogP contribution in [0.4, 0.5) is 4.39 Å². The molecule has 0 aliphatic carbocycles. The number of hydrogen-bond acceptors (Lipinski definition) is 3. The summed E-state index contributed by atoms with van der Waals surface area (Å²) in [5.41, 5.74) is 0. The Morgan fingerprint density at radius 1 is 1.22 bits per heavy atom. The van der Waals surface area contributed by atoms with Crippen LogP contribution < -0.4 is 15.4 Å². The summed E-state index contributed by atoms with van der Waals surface area (Å²) in [6, 6.07) is 10.3. The van der Waals surface area contributed by atoms with Crippen LogP contribution in [-0.2, 0) is 6.42 Å². The normalized spacial score (nSPS) is 10.8. The van der Waals surface area contributed by atoms with Crippen LogP contribution in [-0.4, -0.2) is 32.7 Å². The fourth-order valence-corrected chi connectivity index (χ4v) is 2.58. The van der Waals surface area contributed by atoms with E-state index in [0.717, 1.165) is 18.9 Å². The molecule has 0 saturated carbocycles. The lowest BCUT2D eigenvalue weighted by molar-refractivity contribution is 0.320. The van der Waals surface area contributed by atoms with Crippen molar-refractivity contribution in [2.24, 2.45) is 4.99 Å². The summed E-state index contributed by atoms with van der Waals surface area (Å²) in [4.78, 5) is 5.49. The van der Waals surface area contributed by atoms with E-state index < -0.39 is 0 Å². The summed E-state index contributed by atoms with van der Waals surface area (Å²) >= 11 is 1.75. The van der Waals surface area contributed by atoms with Gasteiger partial charge < -0.3 is 15.4 Å². The smallest absolute Gasteiger partial charge is 0.191 e. The molecule has 0 amide bonds. The maximum atomic E-state index is 13.0. The van der Waals surface area contributed by atoms with Gasteiger partial charge in [-0.15, -0.1) is 35.3 Å². The summed E-state index contributed by atoms with van der Waals surface area (Å²) in [6.45, 7) is 1.86. The Labute approximate surface area is 157 Å². The van der Waals surface area contributed by atoms with Gasteiger partial charge in [0.2, 0.25) is 0 Å². The predicted molar refractivity (Wildman–Crippen MR) is 105 cm³/mol. The first-order valence-corrected chi connectivity index (χ1v) is 8.01. The van der Waals surface area contributed by atoms with Crippen molar-refractivity contribution in [2.75, 3.05) is 26.7 Å². The summed E-state index contributed by atoms with van der Waals surface area (Å²) in [5.74, 6) is 0.971. The molecule has 0 fully saturated rings. The van der Waals surface area contributed by atoms with Crippen molar-refractivity contribution in [1.29, 1.82) is 0 Å². The number of aliphatic imine (C=N–C) groups is 1. The largest absolute Gasteiger partial charge is 0.492 e. The molecule has 23 heavy (non-hydrogen) atoms. The van der Waals surface area contributed by atoms with Crippen molar-refractivity contribution in [3.8, 4) is 5.75 Å². The Bertz CT molecular complexity index is 593. The second kappa shape index (κ2) is 11.2. The Morgan fingerprint density at radius 3 is 2.74 bits per heavy atom. The number of thiophene rings is 1. The van der Waals surface area contributed by atoms with Gasteiger partial charge in [0, 0.05) is 24.5 Å². The Hall–Kier alpha value is -1.35. The van der Waals surface area contributed by atoms with Crippen molar-refractivity contribution >= 4 is 41.3 Å². The van der Waals surface area contributed by atoms with Gasteiger partial charge in [-0.05, 0) is 30.0 Å². The van der Waals surface area contributed by atoms with Crippen molar-refractivity contribution < 1.29 is 9.13 Å². The monoisotopic (exact) mass is 449 g/mol. The second-order valence-corrected chi connectivity index (χ2v) is 5.59. The van der Waals surface area contributed by atoms with Crippen LogP contribution in [0, 0.1) is 5.82 Å². The molecule has 0 radical (unpaired) electrons. The first kappa shape index (κ1) is 19.7. The lowest BCUT2D eigenvalue weighted by atomic mass is 10.3. The summed E-state index contributed by atoms with van der Waals surface area (Å²) in [6.07, 6.45) is 0.970. The molecule has 0 saturated heterocycles. The first-order chi connectivity index (χ1) is 10.8. The molecule has 0 atom stereocenters. The fourth-order valence-electron chi connectivity index (χ4n) is 1.87. The van der Waals surface area contributed by atoms with Gasteiger partial charge in [-0.1, -0.05) is 12.1 Å². The number of hydrogen-bond donors (Lipinski definition) is 2. The molecule has 2 rings (SSSR count). The SMILES string of the molecule is CN=C(NCCOc1cccc(F)c1)NCCc1cccs1.I. The molecule has 2 N–H and O–H groups in total. The molecule has 0 unspecified atom stereocenters. The number of halogens is 2. The minimum absolute atomic E-state index is 0. The second-order valence-electron chi connectivity index (χ2n) is 4.56. The molecule has 0 aliphatic rings. The van der Waals surface area contributed by atoms with Crippen LogP contribution >= 0.6 is 35.3 Å². The van der Waals surface area contributed by atoms with E-state index in [4.69, 9.17) is 4.74 Å². The molecular weight excluding hydrogens is 428 g/mol. The van der Waals surface area contributed by atoms with Gasteiger partial charge >= 0.3 is 0 Å². The van der Waals surface area contributed by atoms with E-state index in [0.29, 0.717) is 18.9 Å². The van der Waals surface area contributed by atoms with Crippen LogP contribution in [0.2, 0.25) is 0 Å². The van der Waals surface area contributed by atoms with Gasteiger partial charge in [-0.25, -0.2) is 4.39 Å². The van der Waals surface area contributed by atoms with Crippen molar-refractivity contribution in [3.63, 3.8) is 0 Å².